The van der Waals surface area contributed by atoms with Crippen LogP contribution < -0.4 is 5.32 Å². The Kier molecular flexibility index (Phi) is 3.03. The normalized spacial score (nSPS) is 10.3. The molecule has 0 spiro atoms. The van der Waals surface area contributed by atoms with Crippen molar-refractivity contribution in [3.8, 4) is 11.1 Å². The van der Waals surface area contributed by atoms with Gasteiger partial charge < -0.3 is 5.32 Å². The number of nitrogens with one attached hydrogen (secondary N) is 2. The second kappa shape index (κ2) is 4.99. The van der Waals surface area contributed by atoms with Crippen molar-refractivity contribution in [2.75, 3.05) is 5.32 Å². The van der Waals surface area contributed by atoms with E-state index in [0.717, 1.165) is 11.1 Å². The highest BCUT2D eigenvalue weighted by molar-refractivity contribution is 7.11. The number of anilines is 1. The second-order valence-electron chi connectivity index (χ2n) is 3.72. The molecular formula is C12H9N5OS. The molecule has 0 fully saturated rings. The van der Waals surface area contributed by atoms with E-state index in [1.54, 1.807) is 24.1 Å². The first kappa shape index (κ1) is 11.5. The van der Waals surface area contributed by atoms with E-state index in [-0.39, 0.29) is 5.91 Å². The van der Waals surface area contributed by atoms with Crippen molar-refractivity contribution in [1.82, 2.24) is 20.2 Å². The van der Waals surface area contributed by atoms with E-state index in [4.69, 9.17) is 0 Å². The Balaban J connectivity index is 1.87. The number of aromatic nitrogens is 4. The summed E-state index contributed by atoms with van der Waals surface area (Å²) in [6.45, 7) is 0. The Morgan fingerprint density at radius 1 is 1.26 bits per heavy atom. The molecule has 19 heavy (non-hydrogen) atoms. The summed E-state index contributed by atoms with van der Waals surface area (Å²) < 4.78 is 0. The van der Waals surface area contributed by atoms with E-state index in [1.165, 1.54) is 17.5 Å². The van der Waals surface area contributed by atoms with E-state index >= 15 is 0 Å². The number of carbonyl (C=O) groups is 1. The number of aromatic amines is 1. The summed E-state index contributed by atoms with van der Waals surface area (Å²) in [5.74, 6) is 0.336. The van der Waals surface area contributed by atoms with E-state index in [9.17, 15) is 4.79 Å². The number of amides is 1. The second-order valence-corrected chi connectivity index (χ2v) is 4.61. The van der Waals surface area contributed by atoms with E-state index in [0.29, 0.717) is 10.7 Å². The molecule has 0 bridgehead atoms. The summed E-state index contributed by atoms with van der Waals surface area (Å²) in [7, 11) is 0. The number of hydrogen-bond acceptors (Lipinski definition) is 5. The zero-order valence-electron chi connectivity index (χ0n) is 9.70. The van der Waals surface area contributed by atoms with Crippen LogP contribution in [0.2, 0.25) is 0 Å². The first-order valence-electron chi connectivity index (χ1n) is 5.48. The number of pyridine rings is 1. The molecule has 94 valence electrons. The molecule has 0 radical (unpaired) electrons. The fourth-order valence-electron chi connectivity index (χ4n) is 1.63. The van der Waals surface area contributed by atoms with Crippen molar-refractivity contribution in [2.24, 2.45) is 0 Å². The van der Waals surface area contributed by atoms with Crippen LogP contribution in [0.3, 0.4) is 0 Å². The summed E-state index contributed by atoms with van der Waals surface area (Å²) >= 11 is 1.28. The topological polar surface area (TPSA) is 83.6 Å². The number of nitrogens with zero attached hydrogens (tertiary/aromatic N) is 3. The SMILES string of the molecule is O=C(Nc1[nH]ncc1-c1cccnc1)c1cncs1. The van der Waals surface area contributed by atoms with Crippen LogP contribution in [0.25, 0.3) is 11.1 Å². The molecule has 3 aromatic heterocycles. The first-order valence-corrected chi connectivity index (χ1v) is 6.36. The Hall–Kier alpha value is -2.54. The van der Waals surface area contributed by atoms with E-state index < -0.39 is 0 Å². The average Bonchev–Trinajstić information content (AvgIpc) is 3.11. The van der Waals surface area contributed by atoms with Gasteiger partial charge in [-0.25, -0.2) is 0 Å². The lowest BCUT2D eigenvalue weighted by Gasteiger charge is -2.03. The molecule has 0 saturated carbocycles. The van der Waals surface area contributed by atoms with Gasteiger partial charge in [0.15, 0.2) is 0 Å². The van der Waals surface area contributed by atoms with Gasteiger partial charge in [0.05, 0.1) is 17.9 Å². The number of hydrogen-bond donors (Lipinski definition) is 2. The molecule has 3 rings (SSSR count). The summed E-state index contributed by atoms with van der Waals surface area (Å²) in [4.78, 5) is 20.4. The third kappa shape index (κ3) is 2.36. The third-order valence-electron chi connectivity index (χ3n) is 2.51. The molecule has 3 heterocycles. The molecule has 0 saturated heterocycles. The Labute approximate surface area is 112 Å². The smallest absolute Gasteiger partial charge is 0.268 e. The van der Waals surface area contributed by atoms with Crippen molar-refractivity contribution < 1.29 is 4.79 Å². The highest BCUT2D eigenvalue weighted by Gasteiger charge is 2.13. The van der Waals surface area contributed by atoms with Crippen molar-refractivity contribution in [1.29, 1.82) is 0 Å². The fourth-order valence-corrected chi connectivity index (χ4v) is 2.14. The molecule has 0 atom stereocenters. The van der Waals surface area contributed by atoms with Gasteiger partial charge in [0.1, 0.15) is 10.7 Å². The van der Waals surface area contributed by atoms with Gasteiger partial charge in [-0.15, -0.1) is 11.3 Å². The first-order chi connectivity index (χ1) is 9.34. The Morgan fingerprint density at radius 3 is 2.95 bits per heavy atom. The van der Waals surface area contributed by atoms with E-state index in [1.807, 2.05) is 12.1 Å². The third-order valence-corrected chi connectivity index (χ3v) is 3.28. The van der Waals surface area contributed by atoms with Crippen molar-refractivity contribution in [3.05, 3.63) is 47.3 Å². The highest BCUT2D eigenvalue weighted by Crippen LogP contribution is 2.25. The van der Waals surface area contributed by atoms with Crippen LogP contribution in [-0.4, -0.2) is 26.1 Å². The number of thiazole rings is 1. The number of carbonyl (C=O) groups excluding carboxylic acids is 1. The molecule has 0 aromatic carbocycles. The number of rotatable bonds is 3. The van der Waals surface area contributed by atoms with Crippen LogP contribution in [0.1, 0.15) is 9.67 Å². The van der Waals surface area contributed by atoms with Gasteiger partial charge in [-0.1, -0.05) is 6.07 Å². The maximum atomic E-state index is 12.0. The van der Waals surface area contributed by atoms with Crippen LogP contribution in [0.15, 0.2) is 42.4 Å². The molecule has 1 amide bonds. The minimum Gasteiger partial charge on any atom is -0.306 e. The number of H-pyrrole nitrogens is 1. The molecule has 2 N–H and O–H groups in total. The lowest BCUT2D eigenvalue weighted by Crippen LogP contribution is -2.11. The van der Waals surface area contributed by atoms with Crippen molar-refractivity contribution in [2.45, 2.75) is 0 Å². The van der Waals surface area contributed by atoms with Gasteiger partial charge in [-0.05, 0) is 6.07 Å². The quantitative estimate of drug-likeness (QED) is 0.764. The van der Waals surface area contributed by atoms with Crippen LogP contribution in [0.5, 0.6) is 0 Å². The van der Waals surface area contributed by atoms with E-state index in [2.05, 4.69) is 25.5 Å². The van der Waals surface area contributed by atoms with Gasteiger partial charge in [-0.2, -0.15) is 5.10 Å². The molecule has 0 unspecified atom stereocenters. The van der Waals surface area contributed by atoms with Crippen LogP contribution in [-0.2, 0) is 0 Å². The standard InChI is InChI=1S/C12H9N5OS/c18-12(10-6-14-7-19-10)16-11-9(5-15-17-11)8-2-1-3-13-4-8/h1-7H,(H2,15,16,17,18). The molecule has 7 heteroatoms. The molecule has 0 aliphatic rings. The monoisotopic (exact) mass is 271 g/mol. The van der Waals surface area contributed by atoms with Gasteiger partial charge >= 0.3 is 0 Å². The fraction of sp³-hybridized carbons (Fsp3) is 0. The predicted octanol–water partition coefficient (Wildman–Crippen LogP) is 2.18. The molecule has 0 aliphatic heterocycles. The largest absolute Gasteiger partial charge is 0.306 e. The van der Waals surface area contributed by atoms with Gasteiger partial charge in [-0.3, -0.25) is 19.9 Å². The molecular weight excluding hydrogens is 262 g/mol. The van der Waals surface area contributed by atoms with Crippen LogP contribution >= 0.6 is 11.3 Å². The summed E-state index contributed by atoms with van der Waals surface area (Å²) in [6, 6.07) is 3.73. The Morgan fingerprint density at radius 2 is 2.21 bits per heavy atom. The maximum absolute atomic E-state index is 12.0. The zero-order valence-corrected chi connectivity index (χ0v) is 10.5. The van der Waals surface area contributed by atoms with Gasteiger partial charge in [0.2, 0.25) is 0 Å². The minimum atomic E-state index is -0.211. The Bertz CT molecular complexity index is 677. The summed E-state index contributed by atoms with van der Waals surface area (Å²) in [6.07, 6.45) is 6.59. The van der Waals surface area contributed by atoms with Crippen LogP contribution in [0.4, 0.5) is 5.82 Å². The van der Waals surface area contributed by atoms with Gasteiger partial charge in [0.25, 0.3) is 5.91 Å². The molecule has 3 aromatic rings. The zero-order chi connectivity index (χ0) is 13.1. The summed E-state index contributed by atoms with van der Waals surface area (Å²) in [5, 5.41) is 9.50. The van der Waals surface area contributed by atoms with Crippen LogP contribution in [0, 0.1) is 0 Å². The lowest BCUT2D eigenvalue weighted by atomic mass is 10.1. The predicted molar refractivity (Wildman–Crippen MR) is 71.9 cm³/mol. The minimum absolute atomic E-state index is 0.211. The van der Waals surface area contributed by atoms with Crippen molar-refractivity contribution in [3.63, 3.8) is 0 Å². The lowest BCUT2D eigenvalue weighted by molar-refractivity contribution is 0.103. The average molecular weight is 271 g/mol. The highest BCUT2D eigenvalue weighted by atomic mass is 32.1. The summed E-state index contributed by atoms with van der Waals surface area (Å²) in [5.41, 5.74) is 3.30. The van der Waals surface area contributed by atoms with Gasteiger partial charge in [0, 0.05) is 23.5 Å². The molecule has 6 nitrogen and oxygen atoms in total. The van der Waals surface area contributed by atoms with Crippen molar-refractivity contribution >= 4 is 23.1 Å². The maximum Gasteiger partial charge on any atom is 0.268 e. The molecule has 0 aliphatic carbocycles.